The summed E-state index contributed by atoms with van der Waals surface area (Å²) in [5.74, 6) is 1.84. The van der Waals surface area contributed by atoms with E-state index in [1.165, 1.54) is 20.3 Å². The third kappa shape index (κ3) is 5.80. The highest BCUT2D eigenvalue weighted by molar-refractivity contribution is 6.41. The molecule has 4 aromatic rings. The number of pyridine rings is 1. The Bertz CT molecular complexity index is 1630. The number of ether oxygens (including phenoxy) is 3. The lowest BCUT2D eigenvalue weighted by Gasteiger charge is -2.28. The number of benzene rings is 1. The molecule has 2 fully saturated rings. The van der Waals surface area contributed by atoms with Gasteiger partial charge in [-0.3, -0.25) is 4.79 Å². The summed E-state index contributed by atoms with van der Waals surface area (Å²) in [6, 6.07) is 5.49. The van der Waals surface area contributed by atoms with Crippen LogP contribution in [0.5, 0.6) is 11.5 Å². The van der Waals surface area contributed by atoms with Crippen molar-refractivity contribution in [3.63, 3.8) is 0 Å². The normalized spacial score (nSPS) is 18.4. The van der Waals surface area contributed by atoms with Crippen LogP contribution in [0, 0.1) is 5.92 Å². The molecule has 0 unspecified atom stereocenters. The van der Waals surface area contributed by atoms with E-state index in [4.69, 9.17) is 47.4 Å². The number of aromatic nitrogens is 4. The minimum absolute atomic E-state index is 0.00424. The lowest BCUT2D eigenvalue weighted by atomic mass is 9.97. The Hall–Kier alpha value is -4.06. The zero-order valence-corrected chi connectivity index (χ0v) is 25.2. The Morgan fingerprint density at radius 2 is 1.93 bits per heavy atom. The molecular weight excluding hydrogens is 593 g/mol. The van der Waals surface area contributed by atoms with Crippen LogP contribution in [0.3, 0.4) is 0 Å². The zero-order valence-electron chi connectivity index (χ0n) is 23.7. The highest BCUT2D eigenvalue weighted by Crippen LogP contribution is 2.46. The van der Waals surface area contributed by atoms with Gasteiger partial charge in [-0.1, -0.05) is 29.8 Å². The topological polar surface area (TPSA) is 127 Å². The second-order valence-electron chi connectivity index (χ2n) is 10.5. The van der Waals surface area contributed by atoms with Crippen LogP contribution in [-0.4, -0.2) is 78.3 Å². The van der Waals surface area contributed by atoms with Crippen molar-refractivity contribution >= 4 is 57.3 Å². The minimum Gasteiger partial charge on any atom is -0.495 e. The molecule has 2 aliphatic rings. The molecule has 0 radical (unpaired) electrons. The Morgan fingerprint density at radius 1 is 1.16 bits per heavy atom. The first-order chi connectivity index (χ1) is 20.9. The highest BCUT2D eigenvalue weighted by atomic mass is 35.5. The lowest BCUT2D eigenvalue weighted by molar-refractivity contribution is -0.115. The van der Waals surface area contributed by atoms with Gasteiger partial charge in [-0.15, -0.1) is 0 Å². The predicted molar refractivity (Wildman–Crippen MR) is 168 cm³/mol. The highest BCUT2D eigenvalue weighted by Gasteiger charge is 2.35. The molecular formula is C30H31Cl2N7O4. The van der Waals surface area contributed by atoms with Crippen molar-refractivity contribution < 1.29 is 19.0 Å². The van der Waals surface area contributed by atoms with Crippen LogP contribution >= 0.6 is 23.2 Å². The predicted octanol–water partition coefficient (Wildman–Crippen LogP) is 5.22. The number of hydrogen-bond acceptors (Lipinski definition) is 10. The molecule has 1 aromatic carbocycles. The monoisotopic (exact) mass is 623 g/mol. The second kappa shape index (κ2) is 12.3. The number of ketones is 1. The van der Waals surface area contributed by atoms with E-state index in [2.05, 4.69) is 32.1 Å². The summed E-state index contributed by atoms with van der Waals surface area (Å²) in [5.41, 5.74) is 2.67. The average molecular weight is 625 g/mol. The fraction of sp³-hybridized carbons (Fsp3) is 0.333. The summed E-state index contributed by atoms with van der Waals surface area (Å²) in [4.78, 5) is 32.1. The SMILES string of the molecule is C=CC(=O)C[C@H]1CN(c2cc[nH]c2)C[C@H]1Nc1ncc2cc(-c3c(Cl)c(OC)cc(OC)c3Cl)nc(NC3COC3)c2n1. The van der Waals surface area contributed by atoms with E-state index >= 15 is 0 Å². The number of carbonyl (C=O) groups excluding carboxylic acids is 1. The minimum atomic E-state index is -0.0678. The molecule has 2 saturated heterocycles. The second-order valence-corrected chi connectivity index (χ2v) is 11.3. The van der Waals surface area contributed by atoms with Crippen LogP contribution in [-0.2, 0) is 9.53 Å². The van der Waals surface area contributed by atoms with Gasteiger partial charge in [-0.05, 0) is 18.2 Å². The molecule has 2 aliphatic heterocycles. The summed E-state index contributed by atoms with van der Waals surface area (Å²) in [7, 11) is 3.05. The number of H-pyrrole nitrogens is 1. The van der Waals surface area contributed by atoms with Crippen molar-refractivity contribution in [1.82, 2.24) is 19.9 Å². The van der Waals surface area contributed by atoms with E-state index in [0.29, 0.717) is 82.8 Å². The first-order valence-corrected chi connectivity index (χ1v) is 14.6. The maximum Gasteiger partial charge on any atom is 0.223 e. The van der Waals surface area contributed by atoms with Crippen molar-refractivity contribution in [1.29, 1.82) is 0 Å². The number of anilines is 3. The summed E-state index contributed by atoms with van der Waals surface area (Å²) >= 11 is 13.5. The molecule has 2 atom stereocenters. The number of hydrogen-bond donors (Lipinski definition) is 3. The smallest absolute Gasteiger partial charge is 0.223 e. The molecule has 3 N–H and O–H groups in total. The van der Waals surface area contributed by atoms with Gasteiger partial charge in [0.25, 0.3) is 0 Å². The molecule has 3 aromatic heterocycles. The van der Waals surface area contributed by atoms with Crippen LogP contribution in [0.25, 0.3) is 22.2 Å². The van der Waals surface area contributed by atoms with Gasteiger partial charge in [-0.25, -0.2) is 15.0 Å². The Morgan fingerprint density at radius 3 is 2.56 bits per heavy atom. The van der Waals surface area contributed by atoms with Crippen LogP contribution < -0.4 is 25.0 Å². The fourth-order valence-corrected chi connectivity index (χ4v) is 6.13. The first-order valence-electron chi connectivity index (χ1n) is 13.8. The summed E-state index contributed by atoms with van der Waals surface area (Å²) in [6.07, 6.45) is 7.33. The van der Waals surface area contributed by atoms with E-state index in [0.717, 1.165) is 11.1 Å². The van der Waals surface area contributed by atoms with Crippen LogP contribution in [0.2, 0.25) is 10.0 Å². The Balaban J connectivity index is 1.38. The van der Waals surface area contributed by atoms with Gasteiger partial charge in [-0.2, -0.15) is 0 Å². The maximum absolute atomic E-state index is 12.3. The number of rotatable bonds is 11. The molecule has 0 spiro atoms. The van der Waals surface area contributed by atoms with Crippen molar-refractivity contribution in [2.24, 2.45) is 5.92 Å². The summed E-state index contributed by atoms with van der Waals surface area (Å²) in [6.45, 7) is 6.15. The molecule has 11 nitrogen and oxygen atoms in total. The zero-order chi connectivity index (χ0) is 30.1. The quantitative estimate of drug-likeness (QED) is 0.191. The molecule has 0 aliphatic carbocycles. The van der Waals surface area contributed by atoms with Gasteiger partial charge >= 0.3 is 0 Å². The Kier molecular flexibility index (Phi) is 8.29. The van der Waals surface area contributed by atoms with E-state index in [1.807, 2.05) is 24.5 Å². The fourth-order valence-electron chi connectivity index (χ4n) is 5.43. The number of nitrogens with one attached hydrogen (secondary N) is 3. The number of carbonyl (C=O) groups is 1. The number of methoxy groups -OCH3 is 2. The largest absolute Gasteiger partial charge is 0.495 e. The first kappa shape index (κ1) is 29.0. The third-order valence-corrected chi connectivity index (χ3v) is 8.52. The average Bonchev–Trinajstić information content (AvgIpc) is 3.66. The van der Waals surface area contributed by atoms with Crippen molar-refractivity contribution in [2.75, 3.05) is 56.1 Å². The van der Waals surface area contributed by atoms with Crippen LogP contribution in [0.1, 0.15) is 6.42 Å². The third-order valence-electron chi connectivity index (χ3n) is 7.77. The molecule has 0 saturated carbocycles. The summed E-state index contributed by atoms with van der Waals surface area (Å²) < 4.78 is 16.3. The molecule has 5 heterocycles. The molecule has 43 heavy (non-hydrogen) atoms. The van der Waals surface area contributed by atoms with Gasteiger partial charge < -0.3 is 34.7 Å². The van der Waals surface area contributed by atoms with E-state index in [1.54, 1.807) is 12.3 Å². The van der Waals surface area contributed by atoms with Gasteiger partial charge in [0.05, 0.1) is 60.9 Å². The van der Waals surface area contributed by atoms with Crippen molar-refractivity contribution in [2.45, 2.75) is 18.5 Å². The van der Waals surface area contributed by atoms with Gasteiger partial charge in [0, 0.05) is 61.0 Å². The molecule has 6 rings (SSSR count). The molecule has 0 bridgehead atoms. The Labute approximate surface area is 258 Å². The molecule has 13 heteroatoms. The molecule has 224 valence electrons. The number of nitrogens with zero attached hydrogens (tertiary/aromatic N) is 4. The van der Waals surface area contributed by atoms with E-state index in [-0.39, 0.29) is 23.8 Å². The van der Waals surface area contributed by atoms with E-state index in [9.17, 15) is 4.79 Å². The van der Waals surface area contributed by atoms with Crippen molar-refractivity contribution in [3.05, 3.63) is 59.5 Å². The van der Waals surface area contributed by atoms with Gasteiger partial charge in [0.1, 0.15) is 17.0 Å². The van der Waals surface area contributed by atoms with Crippen LogP contribution in [0.15, 0.2) is 49.4 Å². The van der Waals surface area contributed by atoms with Gasteiger partial charge in [0.15, 0.2) is 11.6 Å². The number of aromatic amines is 1. The maximum atomic E-state index is 12.3. The van der Waals surface area contributed by atoms with Crippen LogP contribution in [0.4, 0.5) is 17.5 Å². The lowest BCUT2D eigenvalue weighted by Crippen LogP contribution is -2.40. The number of halogens is 2. The summed E-state index contributed by atoms with van der Waals surface area (Å²) in [5, 5.41) is 8.29. The number of fused-ring (bicyclic) bond motifs is 1. The van der Waals surface area contributed by atoms with Gasteiger partial charge in [0.2, 0.25) is 5.95 Å². The standard InChI is InChI=1S/C30H31Cl2N7O4/c1-4-20(40)7-17-12-39(19-5-6-33-11-19)13-22(17)37-30-34-10-16-8-21(36-29(28(16)38-30)35-18-14-43-15-18)25-26(31)23(41-2)9-24(42-3)27(25)32/h4-6,8-11,17-18,22,33H,1,7,12-15H2,2-3H3,(H,35,36)(H,34,37,38)/t17-,22+/m0/s1. The molecule has 0 amide bonds. The van der Waals surface area contributed by atoms with Crippen molar-refractivity contribution in [3.8, 4) is 22.8 Å². The van der Waals surface area contributed by atoms with E-state index < -0.39 is 0 Å². The number of allylic oxidation sites excluding steroid dienone is 1.